The minimum absolute atomic E-state index is 0.131. The highest BCUT2D eigenvalue weighted by Gasteiger charge is 2.29. The largest absolute Gasteiger partial charge is 0.351 e. The molecule has 0 unspecified atom stereocenters. The van der Waals surface area contributed by atoms with Gasteiger partial charge in [0.15, 0.2) is 0 Å². The van der Waals surface area contributed by atoms with E-state index in [1.807, 2.05) is 18.2 Å². The van der Waals surface area contributed by atoms with E-state index in [0.717, 1.165) is 41.7 Å². The molecule has 6 heteroatoms. The number of nitrogens with zero attached hydrogens (tertiary/aromatic N) is 2. The lowest BCUT2D eigenvalue weighted by molar-refractivity contribution is 0.225. The highest BCUT2D eigenvalue weighted by Crippen LogP contribution is 2.32. The summed E-state index contributed by atoms with van der Waals surface area (Å²) in [6.45, 7) is 2.29. The molecule has 0 aliphatic heterocycles. The van der Waals surface area contributed by atoms with Crippen molar-refractivity contribution in [1.82, 2.24) is 14.5 Å². The van der Waals surface area contributed by atoms with Crippen LogP contribution in [0.15, 0.2) is 29.1 Å². The molecule has 6 nitrogen and oxygen atoms in total. The first-order valence-electron chi connectivity index (χ1n) is 11.4. The molecule has 2 fully saturated rings. The van der Waals surface area contributed by atoms with Crippen molar-refractivity contribution in [2.45, 2.75) is 89.3 Å². The Morgan fingerprint density at radius 1 is 1.00 bits per heavy atom. The van der Waals surface area contributed by atoms with Crippen molar-refractivity contribution in [1.29, 1.82) is 0 Å². The van der Waals surface area contributed by atoms with Crippen molar-refractivity contribution in [3.63, 3.8) is 0 Å². The summed E-state index contributed by atoms with van der Waals surface area (Å²) in [4.78, 5) is 24.8. The Morgan fingerprint density at radius 3 is 2.17 bits per heavy atom. The summed E-state index contributed by atoms with van der Waals surface area (Å²) < 4.78 is 2.90. The number of rotatable bonds is 5. The van der Waals surface area contributed by atoms with Gasteiger partial charge < -0.3 is 11.1 Å². The number of carbonyl (C=O) groups excluding carboxylic acids is 1. The van der Waals surface area contributed by atoms with E-state index >= 15 is 0 Å². The molecule has 2 aliphatic rings. The third-order valence-electron chi connectivity index (χ3n) is 7.08. The number of primary amides is 1. The van der Waals surface area contributed by atoms with Crippen LogP contribution in [0, 0.1) is 5.92 Å². The maximum atomic E-state index is 12.9. The molecule has 4 rings (SSSR count). The van der Waals surface area contributed by atoms with Gasteiger partial charge in [0.1, 0.15) is 0 Å². The van der Waals surface area contributed by atoms with Gasteiger partial charge in [-0.3, -0.25) is 4.57 Å². The summed E-state index contributed by atoms with van der Waals surface area (Å²) in [6, 6.07) is 8.07. The molecular weight excluding hydrogens is 364 g/mol. The Hall–Kier alpha value is -2.08. The van der Waals surface area contributed by atoms with Gasteiger partial charge in [0.2, 0.25) is 0 Å². The summed E-state index contributed by atoms with van der Waals surface area (Å²) in [7, 11) is 0. The van der Waals surface area contributed by atoms with Crippen molar-refractivity contribution < 1.29 is 4.79 Å². The second kappa shape index (κ2) is 8.74. The fourth-order valence-corrected chi connectivity index (χ4v) is 5.60. The van der Waals surface area contributed by atoms with Crippen LogP contribution in [-0.4, -0.2) is 27.2 Å². The van der Waals surface area contributed by atoms with E-state index < -0.39 is 6.03 Å². The fraction of sp³-hybridized carbons (Fsp3) is 0.652. The van der Waals surface area contributed by atoms with Crippen LogP contribution in [-0.2, 0) is 0 Å². The monoisotopic (exact) mass is 398 g/mol. The van der Waals surface area contributed by atoms with Gasteiger partial charge in [-0.15, -0.1) is 0 Å². The van der Waals surface area contributed by atoms with E-state index in [0.29, 0.717) is 17.6 Å². The molecule has 0 spiro atoms. The number of benzene rings is 1. The topological polar surface area (TPSA) is 82.1 Å². The number of nitrogens with one attached hydrogen (secondary N) is 1. The first-order chi connectivity index (χ1) is 14.1. The predicted molar refractivity (Wildman–Crippen MR) is 116 cm³/mol. The van der Waals surface area contributed by atoms with Crippen LogP contribution in [0.4, 0.5) is 4.79 Å². The zero-order valence-electron chi connectivity index (χ0n) is 17.5. The fourth-order valence-electron chi connectivity index (χ4n) is 5.60. The van der Waals surface area contributed by atoms with Gasteiger partial charge in [0.25, 0.3) is 0 Å². The van der Waals surface area contributed by atoms with Crippen LogP contribution in [0.2, 0.25) is 0 Å². The van der Waals surface area contributed by atoms with Crippen LogP contribution in [0.5, 0.6) is 0 Å². The van der Waals surface area contributed by atoms with E-state index in [2.05, 4.69) is 12.2 Å². The summed E-state index contributed by atoms with van der Waals surface area (Å²) in [5.74, 6) is 0.934. The maximum Gasteiger partial charge on any atom is 0.337 e. The Labute approximate surface area is 172 Å². The normalized spacial score (nSPS) is 27.9. The number of hydrogen-bond acceptors (Lipinski definition) is 3. The number of aromatic nitrogens is 2. The summed E-state index contributed by atoms with van der Waals surface area (Å²) in [5.41, 5.74) is 6.59. The summed E-state index contributed by atoms with van der Waals surface area (Å²) in [6.07, 6.45) is 12.1. The van der Waals surface area contributed by atoms with Gasteiger partial charge in [0, 0.05) is 18.1 Å². The van der Waals surface area contributed by atoms with E-state index in [9.17, 15) is 9.59 Å². The first-order valence-corrected chi connectivity index (χ1v) is 11.4. The first kappa shape index (κ1) is 20.2. The lowest BCUT2D eigenvalue weighted by Gasteiger charge is -2.35. The number of carbonyl (C=O) groups is 1. The molecule has 158 valence electrons. The minimum atomic E-state index is -0.709. The second-order valence-electron chi connectivity index (χ2n) is 8.99. The third-order valence-corrected chi connectivity index (χ3v) is 7.08. The third kappa shape index (κ3) is 4.13. The van der Waals surface area contributed by atoms with E-state index in [1.165, 1.54) is 38.5 Å². The zero-order chi connectivity index (χ0) is 20.4. The molecule has 0 saturated heterocycles. The molecule has 2 aromatic rings. The number of nitrogens with two attached hydrogens (primary N) is 1. The van der Waals surface area contributed by atoms with Gasteiger partial charge in [-0.25, -0.2) is 14.2 Å². The van der Waals surface area contributed by atoms with Crippen LogP contribution in [0.3, 0.4) is 0 Å². The molecule has 0 radical (unpaired) electrons. The van der Waals surface area contributed by atoms with Gasteiger partial charge in [0.05, 0.1) is 11.0 Å². The average molecular weight is 399 g/mol. The molecule has 1 amide bonds. The zero-order valence-corrected chi connectivity index (χ0v) is 17.5. The molecular formula is C23H34N4O2. The van der Waals surface area contributed by atoms with Crippen molar-refractivity contribution in [2.24, 2.45) is 11.7 Å². The lowest BCUT2D eigenvalue weighted by atomic mass is 9.82. The molecule has 1 aromatic carbocycles. The summed E-state index contributed by atoms with van der Waals surface area (Å²) >= 11 is 0. The standard InChI is InChI=1S/C23H34N4O2/c1-2-5-16-8-10-17(11-9-16)25-18-12-14-19(15-13-18)26-20-6-3-4-7-21(20)27(22(24)28)23(26)29/h3-4,6-7,16-19,25H,2,5,8-15H2,1H3,(H2,24,28). The van der Waals surface area contributed by atoms with E-state index in [-0.39, 0.29) is 11.7 Å². The van der Waals surface area contributed by atoms with Crippen LogP contribution in [0.25, 0.3) is 11.0 Å². The van der Waals surface area contributed by atoms with Crippen molar-refractivity contribution in [3.8, 4) is 0 Å². The van der Waals surface area contributed by atoms with Crippen molar-refractivity contribution in [3.05, 3.63) is 34.7 Å². The molecule has 1 heterocycles. The average Bonchev–Trinajstić information content (AvgIpc) is 3.02. The molecule has 0 atom stereocenters. The Morgan fingerprint density at radius 2 is 1.59 bits per heavy atom. The number of imidazole rings is 1. The number of amides is 1. The maximum absolute atomic E-state index is 12.9. The highest BCUT2D eigenvalue weighted by atomic mass is 16.2. The Balaban J connectivity index is 1.40. The molecule has 2 aliphatic carbocycles. The predicted octanol–water partition coefficient (Wildman–Crippen LogP) is 4.16. The quantitative estimate of drug-likeness (QED) is 0.793. The lowest BCUT2D eigenvalue weighted by Crippen LogP contribution is -2.43. The van der Waals surface area contributed by atoms with Crippen LogP contribution >= 0.6 is 0 Å². The number of fused-ring (bicyclic) bond motifs is 1. The minimum Gasteiger partial charge on any atom is -0.351 e. The van der Waals surface area contributed by atoms with Gasteiger partial charge in [-0.05, 0) is 69.4 Å². The number of para-hydroxylation sites is 2. The SMILES string of the molecule is CCCC1CCC(NC2CCC(n3c(=O)n(C(N)=O)c4ccccc43)CC2)CC1. The van der Waals surface area contributed by atoms with Crippen LogP contribution in [0.1, 0.15) is 77.2 Å². The second-order valence-corrected chi connectivity index (χ2v) is 8.99. The smallest absolute Gasteiger partial charge is 0.337 e. The van der Waals surface area contributed by atoms with Gasteiger partial charge >= 0.3 is 11.7 Å². The Bertz CT molecular complexity index is 899. The molecule has 2 saturated carbocycles. The summed E-state index contributed by atoms with van der Waals surface area (Å²) in [5, 5.41) is 3.90. The number of hydrogen-bond donors (Lipinski definition) is 2. The molecule has 0 bridgehead atoms. The van der Waals surface area contributed by atoms with Crippen molar-refractivity contribution in [2.75, 3.05) is 0 Å². The van der Waals surface area contributed by atoms with E-state index in [4.69, 9.17) is 5.73 Å². The van der Waals surface area contributed by atoms with Gasteiger partial charge in [-0.1, -0.05) is 31.9 Å². The van der Waals surface area contributed by atoms with Crippen LogP contribution < -0.4 is 16.7 Å². The highest BCUT2D eigenvalue weighted by molar-refractivity contribution is 5.88. The Kier molecular flexibility index (Phi) is 6.09. The molecule has 3 N–H and O–H groups in total. The van der Waals surface area contributed by atoms with E-state index in [1.54, 1.807) is 10.6 Å². The van der Waals surface area contributed by atoms with Gasteiger partial charge in [-0.2, -0.15) is 0 Å². The van der Waals surface area contributed by atoms with Crippen molar-refractivity contribution >= 4 is 17.1 Å². The molecule has 29 heavy (non-hydrogen) atoms. The molecule has 1 aromatic heterocycles.